The van der Waals surface area contributed by atoms with Crippen molar-refractivity contribution in [3.8, 4) is 5.75 Å². The van der Waals surface area contributed by atoms with Gasteiger partial charge < -0.3 is 15.3 Å². The standard InChI is InChI=1S/C10H14O3/c1-7(10(13)6-11)8-2-4-9(12)5-3-8/h2-5,7,10-13H,6H2,1H3. The van der Waals surface area contributed by atoms with Gasteiger partial charge in [-0.2, -0.15) is 0 Å². The first-order chi connectivity index (χ1) is 6.15. The van der Waals surface area contributed by atoms with Gasteiger partial charge in [0.05, 0.1) is 12.7 Å². The average molecular weight is 182 g/mol. The minimum atomic E-state index is -0.746. The van der Waals surface area contributed by atoms with Crippen molar-refractivity contribution in [3.63, 3.8) is 0 Å². The van der Waals surface area contributed by atoms with Gasteiger partial charge in [0, 0.05) is 5.92 Å². The monoisotopic (exact) mass is 182 g/mol. The van der Waals surface area contributed by atoms with Crippen LogP contribution in [0.4, 0.5) is 0 Å². The lowest BCUT2D eigenvalue weighted by molar-refractivity contribution is 0.0772. The largest absolute Gasteiger partial charge is 0.508 e. The number of rotatable bonds is 3. The van der Waals surface area contributed by atoms with Crippen molar-refractivity contribution >= 4 is 0 Å². The van der Waals surface area contributed by atoms with Gasteiger partial charge in [0.15, 0.2) is 0 Å². The maximum atomic E-state index is 9.34. The number of benzene rings is 1. The van der Waals surface area contributed by atoms with Crippen LogP contribution in [0.25, 0.3) is 0 Å². The molecular weight excluding hydrogens is 168 g/mol. The van der Waals surface area contributed by atoms with E-state index in [0.29, 0.717) is 0 Å². The molecule has 3 N–H and O–H groups in total. The molecule has 0 amide bonds. The minimum Gasteiger partial charge on any atom is -0.508 e. The van der Waals surface area contributed by atoms with Crippen LogP contribution in [-0.2, 0) is 0 Å². The smallest absolute Gasteiger partial charge is 0.115 e. The van der Waals surface area contributed by atoms with Gasteiger partial charge >= 0.3 is 0 Å². The number of phenols is 1. The molecule has 0 aromatic heterocycles. The molecule has 0 bridgehead atoms. The Bertz CT molecular complexity index is 255. The summed E-state index contributed by atoms with van der Waals surface area (Å²) < 4.78 is 0. The Kier molecular flexibility index (Phi) is 3.28. The van der Waals surface area contributed by atoms with E-state index in [1.54, 1.807) is 24.3 Å². The van der Waals surface area contributed by atoms with E-state index in [-0.39, 0.29) is 18.3 Å². The second-order valence-corrected chi connectivity index (χ2v) is 3.13. The van der Waals surface area contributed by atoms with Crippen LogP contribution in [0.1, 0.15) is 18.4 Å². The topological polar surface area (TPSA) is 60.7 Å². The van der Waals surface area contributed by atoms with E-state index >= 15 is 0 Å². The summed E-state index contributed by atoms with van der Waals surface area (Å²) in [5.41, 5.74) is 0.902. The van der Waals surface area contributed by atoms with Gasteiger partial charge in [-0.3, -0.25) is 0 Å². The molecule has 1 rings (SSSR count). The second-order valence-electron chi connectivity index (χ2n) is 3.13. The third-order valence-corrected chi connectivity index (χ3v) is 2.18. The molecule has 2 atom stereocenters. The maximum Gasteiger partial charge on any atom is 0.115 e. The number of hydrogen-bond donors (Lipinski definition) is 3. The van der Waals surface area contributed by atoms with Gasteiger partial charge in [0.25, 0.3) is 0 Å². The zero-order valence-electron chi connectivity index (χ0n) is 7.51. The molecule has 3 heteroatoms. The van der Waals surface area contributed by atoms with Gasteiger partial charge in [-0.25, -0.2) is 0 Å². The summed E-state index contributed by atoms with van der Waals surface area (Å²) in [5, 5.41) is 27.1. The quantitative estimate of drug-likeness (QED) is 0.649. The van der Waals surface area contributed by atoms with Crippen LogP contribution in [0.3, 0.4) is 0 Å². The van der Waals surface area contributed by atoms with Crippen LogP contribution in [0.2, 0.25) is 0 Å². The molecule has 1 aromatic carbocycles. The lowest BCUT2D eigenvalue weighted by atomic mass is 9.96. The molecule has 1 aromatic rings. The summed E-state index contributed by atoms with van der Waals surface area (Å²) in [5.74, 6) is 0.0834. The number of aliphatic hydroxyl groups excluding tert-OH is 2. The minimum absolute atomic E-state index is 0.120. The second kappa shape index (κ2) is 4.25. The maximum absolute atomic E-state index is 9.34. The van der Waals surface area contributed by atoms with E-state index in [1.165, 1.54) is 0 Å². The van der Waals surface area contributed by atoms with Gasteiger partial charge in [0.2, 0.25) is 0 Å². The van der Waals surface area contributed by atoms with Crippen molar-refractivity contribution in [2.45, 2.75) is 18.9 Å². The first kappa shape index (κ1) is 10.0. The predicted molar refractivity (Wildman–Crippen MR) is 49.6 cm³/mol. The van der Waals surface area contributed by atoms with E-state index in [4.69, 9.17) is 10.2 Å². The molecule has 0 aliphatic rings. The molecular formula is C10H14O3. The molecule has 0 spiro atoms. The summed E-state index contributed by atoms with van der Waals surface area (Å²) in [7, 11) is 0. The Balaban J connectivity index is 2.77. The average Bonchev–Trinajstić information content (AvgIpc) is 2.17. The summed E-state index contributed by atoms with van der Waals surface area (Å²) in [6.45, 7) is 1.58. The van der Waals surface area contributed by atoms with Crippen LogP contribution < -0.4 is 0 Å². The first-order valence-corrected chi connectivity index (χ1v) is 4.23. The number of aliphatic hydroxyl groups is 2. The lowest BCUT2D eigenvalue weighted by Crippen LogP contribution is -2.19. The van der Waals surface area contributed by atoms with E-state index < -0.39 is 6.10 Å². The summed E-state index contributed by atoms with van der Waals surface area (Å²) in [6, 6.07) is 6.60. The highest BCUT2D eigenvalue weighted by molar-refractivity contribution is 5.28. The number of phenolic OH excluding ortho intramolecular Hbond substituents is 1. The van der Waals surface area contributed by atoms with Crippen LogP contribution >= 0.6 is 0 Å². The van der Waals surface area contributed by atoms with Gasteiger partial charge in [0.1, 0.15) is 5.75 Å². The SMILES string of the molecule is CC(c1ccc(O)cc1)C(O)CO. The highest BCUT2D eigenvalue weighted by atomic mass is 16.3. The Labute approximate surface area is 77.3 Å². The zero-order chi connectivity index (χ0) is 9.84. The summed E-state index contributed by atoms with van der Waals surface area (Å²) in [4.78, 5) is 0. The van der Waals surface area contributed by atoms with Crippen LogP contribution in [0.5, 0.6) is 5.75 Å². The Morgan fingerprint density at radius 1 is 1.23 bits per heavy atom. The Morgan fingerprint density at radius 2 is 1.77 bits per heavy atom. The highest BCUT2D eigenvalue weighted by Gasteiger charge is 2.14. The highest BCUT2D eigenvalue weighted by Crippen LogP contribution is 2.21. The Hall–Kier alpha value is -1.06. The zero-order valence-corrected chi connectivity index (χ0v) is 7.51. The third kappa shape index (κ3) is 2.44. The molecule has 72 valence electrons. The first-order valence-electron chi connectivity index (χ1n) is 4.23. The van der Waals surface area contributed by atoms with E-state index in [2.05, 4.69) is 0 Å². The summed E-state index contributed by atoms with van der Waals surface area (Å²) >= 11 is 0. The van der Waals surface area contributed by atoms with Crippen molar-refractivity contribution in [3.05, 3.63) is 29.8 Å². The van der Waals surface area contributed by atoms with Crippen molar-refractivity contribution < 1.29 is 15.3 Å². The normalized spacial score (nSPS) is 15.3. The molecule has 3 nitrogen and oxygen atoms in total. The number of aromatic hydroxyl groups is 1. The van der Waals surface area contributed by atoms with Gasteiger partial charge in [-0.05, 0) is 17.7 Å². The fourth-order valence-corrected chi connectivity index (χ4v) is 1.16. The predicted octanol–water partition coefficient (Wildman–Crippen LogP) is 0.849. The molecule has 0 saturated carbocycles. The van der Waals surface area contributed by atoms with Crippen molar-refractivity contribution in [1.82, 2.24) is 0 Å². The van der Waals surface area contributed by atoms with E-state index in [0.717, 1.165) is 5.56 Å². The van der Waals surface area contributed by atoms with Crippen LogP contribution in [0, 0.1) is 0 Å². The lowest BCUT2D eigenvalue weighted by Gasteiger charge is -2.16. The fourth-order valence-electron chi connectivity index (χ4n) is 1.16. The van der Waals surface area contributed by atoms with Crippen LogP contribution in [0.15, 0.2) is 24.3 Å². The van der Waals surface area contributed by atoms with Crippen molar-refractivity contribution in [2.24, 2.45) is 0 Å². The van der Waals surface area contributed by atoms with Crippen molar-refractivity contribution in [1.29, 1.82) is 0 Å². The molecule has 0 aliphatic carbocycles. The van der Waals surface area contributed by atoms with Gasteiger partial charge in [-0.1, -0.05) is 19.1 Å². The van der Waals surface area contributed by atoms with Crippen molar-refractivity contribution in [2.75, 3.05) is 6.61 Å². The van der Waals surface area contributed by atoms with E-state index in [9.17, 15) is 5.11 Å². The van der Waals surface area contributed by atoms with Crippen LogP contribution in [-0.4, -0.2) is 28.0 Å². The molecule has 2 unspecified atom stereocenters. The molecule has 0 heterocycles. The third-order valence-electron chi connectivity index (χ3n) is 2.18. The molecule has 0 fully saturated rings. The van der Waals surface area contributed by atoms with Gasteiger partial charge in [-0.15, -0.1) is 0 Å². The fraction of sp³-hybridized carbons (Fsp3) is 0.400. The molecule has 0 saturated heterocycles. The summed E-state index contributed by atoms with van der Waals surface area (Å²) in [6.07, 6.45) is -0.746. The molecule has 0 radical (unpaired) electrons. The Morgan fingerprint density at radius 3 is 2.23 bits per heavy atom. The molecule has 13 heavy (non-hydrogen) atoms. The molecule has 0 aliphatic heterocycles. The van der Waals surface area contributed by atoms with E-state index in [1.807, 2.05) is 6.92 Å². The number of hydrogen-bond acceptors (Lipinski definition) is 3.